The van der Waals surface area contributed by atoms with Gasteiger partial charge in [0.15, 0.2) is 4.87 Å². The average Bonchev–Trinajstić information content (AvgIpc) is 3.05. The van der Waals surface area contributed by atoms with Crippen LogP contribution in [0.25, 0.3) is 16.7 Å². The van der Waals surface area contributed by atoms with Crippen molar-refractivity contribution < 1.29 is 18.7 Å². The van der Waals surface area contributed by atoms with Crippen LogP contribution in [-0.2, 0) is 25.7 Å². The SMILES string of the molecule is COC(=O)C1(Cl)CC=C(OC)c2c1c1ccccc1n2Cc1ccc(F)cc1. The van der Waals surface area contributed by atoms with Gasteiger partial charge in [-0.25, -0.2) is 9.18 Å². The van der Waals surface area contributed by atoms with Crippen molar-refractivity contribution in [2.24, 2.45) is 0 Å². The molecule has 0 amide bonds. The number of methoxy groups -OCH3 is 2. The molecule has 6 heteroatoms. The predicted molar refractivity (Wildman–Crippen MR) is 107 cm³/mol. The number of carbonyl (C=O) groups is 1. The fourth-order valence-corrected chi connectivity index (χ4v) is 4.20. The first-order valence-corrected chi connectivity index (χ1v) is 9.25. The van der Waals surface area contributed by atoms with Gasteiger partial charge in [-0.3, -0.25) is 0 Å². The molecular formula is C22H19ClFNO3. The second-order valence-electron chi connectivity index (χ2n) is 6.72. The van der Waals surface area contributed by atoms with Crippen molar-refractivity contribution in [1.82, 2.24) is 4.57 Å². The molecule has 1 aliphatic rings. The average molecular weight is 400 g/mol. The van der Waals surface area contributed by atoms with E-state index in [0.717, 1.165) is 22.2 Å². The number of hydrogen-bond donors (Lipinski definition) is 0. The molecule has 4 rings (SSSR count). The van der Waals surface area contributed by atoms with Gasteiger partial charge in [0.25, 0.3) is 0 Å². The summed E-state index contributed by atoms with van der Waals surface area (Å²) in [6.07, 6.45) is 2.08. The minimum atomic E-state index is -1.33. The van der Waals surface area contributed by atoms with Crippen LogP contribution < -0.4 is 0 Å². The van der Waals surface area contributed by atoms with Gasteiger partial charge in [-0.2, -0.15) is 0 Å². The number of carbonyl (C=O) groups excluding carboxylic acids is 1. The van der Waals surface area contributed by atoms with E-state index >= 15 is 0 Å². The van der Waals surface area contributed by atoms with Crippen LogP contribution in [0.4, 0.5) is 4.39 Å². The molecule has 1 atom stereocenters. The van der Waals surface area contributed by atoms with E-state index in [9.17, 15) is 9.18 Å². The fraction of sp³-hybridized carbons (Fsp3) is 0.227. The fourth-order valence-electron chi connectivity index (χ4n) is 3.86. The lowest BCUT2D eigenvalue weighted by Gasteiger charge is -2.29. The molecule has 2 aromatic carbocycles. The lowest BCUT2D eigenvalue weighted by molar-refractivity contribution is -0.144. The standard InChI is InChI=1S/C22H19ClFNO3/c1-27-18-11-12-22(23,21(26)28-2)19-16-5-3-4-6-17(16)25(20(18)19)13-14-7-9-15(24)10-8-14/h3-11H,12-13H2,1-2H3. The molecule has 0 aliphatic heterocycles. The number of rotatable bonds is 4. The number of fused-ring (bicyclic) bond motifs is 3. The Labute approximate surface area is 167 Å². The van der Waals surface area contributed by atoms with Crippen molar-refractivity contribution in [3.63, 3.8) is 0 Å². The third kappa shape index (κ3) is 2.78. The van der Waals surface area contributed by atoms with Crippen molar-refractivity contribution in [2.75, 3.05) is 14.2 Å². The largest absolute Gasteiger partial charge is 0.495 e. The van der Waals surface area contributed by atoms with Gasteiger partial charge in [-0.15, -0.1) is 11.6 Å². The summed E-state index contributed by atoms with van der Waals surface area (Å²) in [5.74, 6) is -0.147. The molecule has 28 heavy (non-hydrogen) atoms. The molecular weight excluding hydrogens is 381 g/mol. The van der Waals surface area contributed by atoms with Gasteiger partial charge in [-0.05, 0) is 29.8 Å². The first kappa shape index (κ1) is 18.6. The predicted octanol–water partition coefficient (Wildman–Crippen LogP) is 4.83. The number of aromatic nitrogens is 1. The lowest BCUT2D eigenvalue weighted by Crippen LogP contribution is -2.34. The van der Waals surface area contributed by atoms with Crippen LogP contribution in [0.2, 0.25) is 0 Å². The quantitative estimate of drug-likeness (QED) is 0.466. The Morgan fingerprint density at radius 2 is 1.89 bits per heavy atom. The van der Waals surface area contributed by atoms with Crippen molar-refractivity contribution in [3.05, 3.63) is 77.2 Å². The minimum absolute atomic E-state index is 0.266. The number of benzene rings is 2. The Hall–Kier alpha value is -2.79. The number of alkyl halides is 1. The van der Waals surface area contributed by atoms with Gasteiger partial charge in [0.05, 0.1) is 19.9 Å². The second-order valence-corrected chi connectivity index (χ2v) is 7.37. The zero-order valence-electron chi connectivity index (χ0n) is 15.5. The van der Waals surface area contributed by atoms with E-state index in [1.807, 2.05) is 34.9 Å². The van der Waals surface area contributed by atoms with Gasteiger partial charge in [0.2, 0.25) is 0 Å². The topological polar surface area (TPSA) is 40.5 Å². The number of halogens is 2. The number of ether oxygens (including phenoxy) is 2. The summed E-state index contributed by atoms with van der Waals surface area (Å²) in [4.78, 5) is 11.3. The molecule has 4 nitrogen and oxygen atoms in total. The highest BCUT2D eigenvalue weighted by Crippen LogP contribution is 2.48. The zero-order valence-corrected chi connectivity index (χ0v) is 16.3. The number of para-hydroxylation sites is 1. The molecule has 3 aromatic rings. The zero-order chi connectivity index (χ0) is 19.9. The maximum atomic E-state index is 13.3. The monoisotopic (exact) mass is 399 g/mol. The highest BCUT2D eigenvalue weighted by molar-refractivity contribution is 6.35. The molecule has 0 radical (unpaired) electrons. The van der Waals surface area contributed by atoms with Crippen LogP contribution in [0.3, 0.4) is 0 Å². The summed E-state index contributed by atoms with van der Waals surface area (Å²) in [5.41, 5.74) is 3.25. The van der Waals surface area contributed by atoms with Crippen LogP contribution in [0, 0.1) is 5.82 Å². The molecule has 0 bridgehead atoms. The third-order valence-electron chi connectivity index (χ3n) is 5.15. The molecule has 1 aromatic heterocycles. The number of esters is 1. The van der Waals surface area contributed by atoms with Crippen molar-refractivity contribution in [1.29, 1.82) is 0 Å². The third-order valence-corrected chi connectivity index (χ3v) is 5.65. The molecule has 1 aliphatic carbocycles. The van der Waals surface area contributed by atoms with Crippen LogP contribution in [0.5, 0.6) is 0 Å². The Balaban J connectivity index is 2.00. The lowest BCUT2D eigenvalue weighted by atomic mass is 9.87. The van der Waals surface area contributed by atoms with Crippen molar-refractivity contribution >= 4 is 34.2 Å². The van der Waals surface area contributed by atoms with Crippen LogP contribution in [0.1, 0.15) is 23.2 Å². The molecule has 0 saturated heterocycles. The molecule has 1 unspecified atom stereocenters. The van der Waals surface area contributed by atoms with E-state index in [4.69, 9.17) is 21.1 Å². The van der Waals surface area contributed by atoms with E-state index in [2.05, 4.69) is 0 Å². The van der Waals surface area contributed by atoms with Gasteiger partial charge in [0, 0.05) is 29.4 Å². The highest BCUT2D eigenvalue weighted by Gasteiger charge is 2.46. The summed E-state index contributed by atoms with van der Waals surface area (Å²) in [5, 5.41) is 0.864. The van der Waals surface area contributed by atoms with Gasteiger partial charge < -0.3 is 14.0 Å². The first-order chi connectivity index (χ1) is 13.5. The Morgan fingerprint density at radius 1 is 1.18 bits per heavy atom. The maximum absolute atomic E-state index is 13.3. The molecule has 1 heterocycles. The number of allylic oxidation sites excluding steroid dienone is 1. The van der Waals surface area contributed by atoms with Crippen LogP contribution in [0.15, 0.2) is 54.6 Å². The van der Waals surface area contributed by atoms with E-state index in [-0.39, 0.29) is 12.2 Å². The Morgan fingerprint density at radius 3 is 2.57 bits per heavy atom. The second kappa shape index (κ2) is 6.99. The van der Waals surface area contributed by atoms with E-state index in [1.54, 1.807) is 19.2 Å². The summed E-state index contributed by atoms with van der Waals surface area (Å²) in [7, 11) is 2.92. The molecule has 144 valence electrons. The maximum Gasteiger partial charge on any atom is 0.331 e. The Bertz CT molecular complexity index is 1090. The summed E-state index contributed by atoms with van der Waals surface area (Å²) in [6.45, 7) is 0.477. The van der Waals surface area contributed by atoms with Gasteiger partial charge in [0.1, 0.15) is 11.6 Å². The smallest absolute Gasteiger partial charge is 0.331 e. The summed E-state index contributed by atoms with van der Waals surface area (Å²) < 4.78 is 26.0. The molecule has 0 fully saturated rings. The highest BCUT2D eigenvalue weighted by atomic mass is 35.5. The van der Waals surface area contributed by atoms with E-state index in [1.165, 1.54) is 19.2 Å². The van der Waals surface area contributed by atoms with Crippen molar-refractivity contribution in [2.45, 2.75) is 17.8 Å². The number of hydrogen-bond acceptors (Lipinski definition) is 3. The summed E-state index contributed by atoms with van der Waals surface area (Å²) >= 11 is 6.86. The van der Waals surface area contributed by atoms with Crippen LogP contribution in [-0.4, -0.2) is 24.8 Å². The van der Waals surface area contributed by atoms with Crippen LogP contribution >= 0.6 is 11.6 Å². The molecule has 0 saturated carbocycles. The first-order valence-electron chi connectivity index (χ1n) is 8.87. The molecule has 0 N–H and O–H groups in total. The Kier molecular flexibility index (Phi) is 4.63. The van der Waals surface area contributed by atoms with E-state index in [0.29, 0.717) is 17.9 Å². The van der Waals surface area contributed by atoms with Crippen molar-refractivity contribution in [3.8, 4) is 0 Å². The van der Waals surface area contributed by atoms with E-state index < -0.39 is 10.8 Å². The normalized spacial score (nSPS) is 18.5. The minimum Gasteiger partial charge on any atom is -0.495 e. The molecule has 0 spiro atoms. The van der Waals surface area contributed by atoms with Gasteiger partial charge >= 0.3 is 5.97 Å². The van der Waals surface area contributed by atoms with Gasteiger partial charge in [-0.1, -0.05) is 30.3 Å². The number of nitrogens with zero attached hydrogens (tertiary/aromatic N) is 1. The summed E-state index contributed by atoms with van der Waals surface area (Å²) in [6, 6.07) is 14.1.